The molecule has 1 rings (SSSR count). The van der Waals surface area contributed by atoms with Gasteiger partial charge in [-0.1, -0.05) is 0 Å². The van der Waals surface area contributed by atoms with Crippen LogP contribution in [0.2, 0.25) is 0 Å². The van der Waals surface area contributed by atoms with E-state index in [4.69, 9.17) is 14.2 Å². The summed E-state index contributed by atoms with van der Waals surface area (Å²) in [7, 11) is 4.25. The summed E-state index contributed by atoms with van der Waals surface area (Å²) in [6, 6.07) is 2.04. The molecule has 0 aliphatic rings. The van der Waals surface area contributed by atoms with E-state index in [0.29, 0.717) is 5.75 Å². The van der Waals surface area contributed by atoms with Crippen molar-refractivity contribution in [1.82, 2.24) is 0 Å². The highest BCUT2D eigenvalue weighted by molar-refractivity contribution is 6.05. The molecule has 0 spiro atoms. The van der Waals surface area contributed by atoms with Crippen LogP contribution in [0.1, 0.15) is 16.8 Å². The molecule has 7 heteroatoms. The summed E-state index contributed by atoms with van der Waals surface area (Å²) in [5.74, 6) is -0.914. The predicted octanol–water partition coefficient (Wildman–Crippen LogP) is -1.35. The van der Waals surface area contributed by atoms with E-state index in [1.165, 1.54) is 33.5 Å². The molecule has 0 saturated carbocycles. The fourth-order valence-corrected chi connectivity index (χ4v) is 1.75. The number of aliphatic carboxylic acids is 1. The Morgan fingerprint density at radius 3 is 2.00 bits per heavy atom. The third-order valence-electron chi connectivity index (χ3n) is 2.75. The summed E-state index contributed by atoms with van der Waals surface area (Å²) < 4.78 is 15.3. The number of benzene rings is 1. The Bertz CT molecular complexity index is 489. The Balaban J connectivity index is 3.27. The SMILES string of the molecule is COc1cc(OC)c(C(=O)[C@@H]([NH3+])CC(=O)[O-])c(OC)c1. The Hall–Kier alpha value is -2.28. The van der Waals surface area contributed by atoms with Gasteiger partial charge in [-0.05, 0) is 0 Å². The fourth-order valence-electron chi connectivity index (χ4n) is 1.75. The average Bonchev–Trinajstić information content (AvgIpc) is 2.43. The van der Waals surface area contributed by atoms with Gasteiger partial charge < -0.3 is 29.8 Å². The maximum Gasteiger partial charge on any atom is 0.227 e. The van der Waals surface area contributed by atoms with Gasteiger partial charge in [0.25, 0.3) is 0 Å². The molecule has 1 aromatic rings. The van der Waals surface area contributed by atoms with Gasteiger partial charge in [-0.2, -0.15) is 0 Å². The number of hydrogen-bond acceptors (Lipinski definition) is 6. The number of rotatable bonds is 7. The Kier molecular flexibility index (Phi) is 5.33. The first-order valence-corrected chi connectivity index (χ1v) is 5.81. The second-order valence-electron chi connectivity index (χ2n) is 4.04. The molecule has 3 N–H and O–H groups in total. The van der Waals surface area contributed by atoms with E-state index in [9.17, 15) is 14.7 Å². The zero-order valence-corrected chi connectivity index (χ0v) is 11.6. The average molecular weight is 283 g/mol. The number of quaternary nitrogens is 1. The summed E-state index contributed by atoms with van der Waals surface area (Å²) in [4.78, 5) is 22.9. The fraction of sp³-hybridized carbons (Fsp3) is 0.385. The molecule has 0 aliphatic carbocycles. The lowest BCUT2D eigenvalue weighted by molar-refractivity contribution is -0.404. The number of methoxy groups -OCH3 is 3. The van der Waals surface area contributed by atoms with Crippen LogP contribution in [0.5, 0.6) is 17.2 Å². The van der Waals surface area contributed by atoms with Gasteiger partial charge >= 0.3 is 0 Å². The molecule has 0 radical (unpaired) electrons. The standard InChI is InChI=1S/C13H17NO6/c1-18-7-4-9(19-2)12(10(5-7)20-3)13(17)8(14)6-11(15)16/h4-5,8H,6,14H2,1-3H3,(H,15,16)/t8-/m0/s1. The molecule has 0 fully saturated rings. The topological polar surface area (TPSA) is 113 Å². The van der Waals surface area contributed by atoms with Crippen LogP contribution in [0.3, 0.4) is 0 Å². The molecule has 1 atom stereocenters. The summed E-state index contributed by atoms with van der Waals surface area (Å²) in [6.07, 6.45) is -0.475. The second kappa shape index (κ2) is 6.76. The van der Waals surface area contributed by atoms with Gasteiger partial charge in [0.15, 0.2) is 6.04 Å². The van der Waals surface area contributed by atoms with Crippen molar-refractivity contribution in [1.29, 1.82) is 0 Å². The smallest absolute Gasteiger partial charge is 0.227 e. The number of ether oxygens (including phenoxy) is 3. The van der Waals surface area contributed by atoms with Gasteiger partial charge in [-0.15, -0.1) is 0 Å². The maximum atomic E-state index is 12.3. The number of hydrogen-bond donors (Lipinski definition) is 1. The largest absolute Gasteiger partial charge is 0.550 e. The first-order chi connectivity index (χ1) is 9.44. The quantitative estimate of drug-likeness (QED) is 0.619. The zero-order chi connectivity index (χ0) is 15.3. The van der Waals surface area contributed by atoms with E-state index in [1.54, 1.807) is 0 Å². The van der Waals surface area contributed by atoms with Crippen LogP contribution >= 0.6 is 0 Å². The van der Waals surface area contributed by atoms with Crippen LogP contribution in [-0.4, -0.2) is 39.1 Å². The highest BCUT2D eigenvalue weighted by atomic mass is 16.5. The van der Waals surface area contributed by atoms with E-state index in [0.717, 1.165) is 0 Å². The maximum absolute atomic E-state index is 12.3. The molecule has 20 heavy (non-hydrogen) atoms. The number of carboxylic acid groups (broad SMARTS) is 1. The number of carbonyl (C=O) groups is 2. The van der Waals surface area contributed by atoms with Crippen LogP contribution in [0.15, 0.2) is 12.1 Å². The van der Waals surface area contributed by atoms with Gasteiger partial charge in [0.2, 0.25) is 5.78 Å². The molecule has 1 aromatic carbocycles. The molecule has 0 saturated heterocycles. The summed E-state index contributed by atoms with van der Waals surface area (Å²) in [6.45, 7) is 0. The summed E-state index contributed by atoms with van der Waals surface area (Å²) >= 11 is 0. The minimum absolute atomic E-state index is 0.136. The zero-order valence-electron chi connectivity index (χ0n) is 11.6. The number of ketones is 1. The second-order valence-corrected chi connectivity index (χ2v) is 4.04. The normalized spacial score (nSPS) is 11.6. The molecule has 0 aromatic heterocycles. The van der Waals surface area contributed by atoms with Crippen LogP contribution in [0, 0.1) is 0 Å². The van der Waals surface area contributed by atoms with Gasteiger partial charge in [-0.3, -0.25) is 4.79 Å². The first kappa shape index (κ1) is 15.8. The van der Waals surface area contributed by atoms with Gasteiger partial charge in [0, 0.05) is 24.5 Å². The van der Waals surface area contributed by atoms with Gasteiger partial charge in [0.1, 0.15) is 22.8 Å². The Labute approximate surface area is 116 Å². The van der Waals surface area contributed by atoms with Crippen molar-refractivity contribution in [3.05, 3.63) is 17.7 Å². The molecule has 7 nitrogen and oxygen atoms in total. The highest BCUT2D eigenvalue weighted by Gasteiger charge is 2.27. The molecule has 110 valence electrons. The molecule has 0 amide bonds. The Morgan fingerprint density at radius 1 is 1.15 bits per heavy atom. The number of Topliss-reactive ketones (excluding diaryl/α,β-unsaturated/α-hetero) is 1. The molecule has 0 unspecified atom stereocenters. The summed E-state index contributed by atoms with van der Waals surface area (Å²) in [5.41, 5.74) is 3.67. The van der Waals surface area contributed by atoms with Crippen LogP contribution in [-0.2, 0) is 4.79 Å². The van der Waals surface area contributed by atoms with Crippen LogP contribution < -0.4 is 25.1 Å². The van der Waals surface area contributed by atoms with E-state index < -0.39 is 24.2 Å². The summed E-state index contributed by atoms with van der Waals surface area (Å²) in [5, 5.41) is 10.6. The molecular weight excluding hydrogens is 266 g/mol. The monoisotopic (exact) mass is 283 g/mol. The van der Waals surface area contributed by atoms with Crippen molar-refractivity contribution in [3.8, 4) is 17.2 Å². The molecule has 0 aliphatic heterocycles. The minimum atomic E-state index is -1.34. The molecular formula is C13H17NO6. The minimum Gasteiger partial charge on any atom is -0.550 e. The lowest BCUT2D eigenvalue weighted by atomic mass is 10.00. The number of carbonyl (C=O) groups excluding carboxylic acids is 2. The van der Waals surface area contributed by atoms with E-state index >= 15 is 0 Å². The molecule has 0 heterocycles. The van der Waals surface area contributed by atoms with Crippen molar-refractivity contribution in [2.24, 2.45) is 0 Å². The van der Waals surface area contributed by atoms with Crippen molar-refractivity contribution < 1.29 is 34.6 Å². The van der Waals surface area contributed by atoms with Crippen molar-refractivity contribution in [2.75, 3.05) is 21.3 Å². The van der Waals surface area contributed by atoms with Gasteiger partial charge in [0.05, 0.1) is 21.3 Å². The lowest BCUT2D eigenvalue weighted by Crippen LogP contribution is -2.66. The van der Waals surface area contributed by atoms with Crippen LogP contribution in [0.25, 0.3) is 0 Å². The van der Waals surface area contributed by atoms with E-state index in [2.05, 4.69) is 5.73 Å². The van der Waals surface area contributed by atoms with E-state index in [-0.39, 0.29) is 17.1 Å². The lowest BCUT2D eigenvalue weighted by Gasteiger charge is -2.16. The Morgan fingerprint density at radius 2 is 1.65 bits per heavy atom. The van der Waals surface area contributed by atoms with Crippen molar-refractivity contribution >= 4 is 11.8 Å². The predicted molar refractivity (Wildman–Crippen MR) is 66.7 cm³/mol. The van der Waals surface area contributed by atoms with Crippen LogP contribution in [0.4, 0.5) is 0 Å². The third kappa shape index (κ3) is 3.39. The molecule has 0 bridgehead atoms. The van der Waals surface area contributed by atoms with Crippen molar-refractivity contribution in [3.63, 3.8) is 0 Å². The van der Waals surface area contributed by atoms with Gasteiger partial charge in [-0.25, -0.2) is 0 Å². The number of carboxylic acids is 1. The third-order valence-corrected chi connectivity index (χ3v) is 2.75. The highest BCUT2D eigenvalue weighted by Crippen LogP contribution is 2.34. The van der Waals surface area contributed by atoms with E-state index in [1.807, 2.05) is 0 Å². The van der Waals surface area contributed by atoms with Crippen molar-refractivity contribution in [2.45, 2.75) is 12.5 Å². The first-order valence-electron chi connectivity index (χ1n) is 5.81.